The molecule has 0 saturated heterocycles. The smallest absolute Gasteiger partial charge is 0.251 e. The molecule has 1 unspecified atom stereocenters. The highest BCUT2D eigenvalue weighted by Gasteiger charge is 2.20. The number of nitrogens with zero attached hydrogens (tertiary/aromatic N) is 1. The van der Waals surface area contributed by atoms with Gasteiger partial charge in [-0.3, -0.25) is 4.79 Å². The van der Waals surface area contributed by atoms with Gasteiger partial charge in [-0.15, -0.1) is 0 Å². The summed E-state index contributed by atoms with van der Waals surface area (Å²) in [5.41, 5.74) is 9.56. The van der Waals surface area contributed by atoms with Crippen LogP contribution in [0.3, 0.4) is 0 Å². The van der Waals surface area contributed by atoms with Gasteiger partial charge in [-0.1, -0.05) is 40.2 Å². The van der Waals surface area contributed by atoms with Crippen LogP contribution in [0.15, 0.2) is 45.7 Å². The molecule has 1 aromatic heterocycles. The molecule has 104 valence electrons. The van der Waals surface area contributed by atoms with E-state index in [1.807, 2.05) is 34.9 Å². The zero-order chi connectivity index (χ0) is 14.1. The van der Waals surface area contributed by atoms with Gasteiger partial charge in [0.15, 0.2) is 0 Å². The Morgan fingerprint density at radius 2 is 2.05 bits per heavy atom. The van der Waals surface area contributed by atoms with Crippen molar-refractivity contribution in [2.75, 3.05) is 0 Å². The van der Waals surface area contributed by atoms with Crippen LogP contribution in [-0.2, 0) is 13.0 Å². The molecule has 3 nitrogen and oxygen atoms in total. The molecule has 0 radical (unpaired) electrons. The highest BCUT2D eigenvalue weighted by atomic mass is 79.9. The Morgan fingerprint density at radius 1 is 1.25 bits per heavy atom. The molecule has 0 bridgehead atoms. The molecular formula is C16H17BrN2O. The highest BCUT2D eigenvalue weighted by molar-refractivity contribution is 9.10. The summed E-state index contributed by atoms with van der Waals surface area (Å²) in [6, 6.07) is 11.6. The summed E-state index contributed by atoms with van der Waals surface area (Å²) in [6.45, 7) is 0.593. The fourth-order valence-corrected chi connectivity index (χ4v) is 3.28. The van der Waals surface area contributed by atoms with Crippen molar-refractivity contribution in [3.05, 3.63) is 68.0 Å². The monoisotopic (exact) mass is 332 g/mol. The van der Waals surface area contributed by atoms with E-state index in [9.17, 15) is 4.79 Å². The van der Waals surface area contributed by atoms with E-state index in [4.69, 9.17) is 5.73 Å². The van der Waals surface area contributed by atoms with Gasteiger partial charge >= 0.3 is 0 Å². The minimum Gasteiger partial charge on any atom is -0.324 e. The number of nitrogens with two attached hydrogens (primary N) is 1. The summed E-state index contributed by atoms with van der Waals surface area (Å²) in [5.74, 6) is 0. The van der Waals surface area contributed by atoms with Crippen molar-refractivity contribution < 1.29 is 0 Å². The second kappa shape index (κ2) is 5.54. The number of hydrogen-bond donors (Lipinski definition) is 1. The Labute approximate surface area is 126 Å². The number of hydrogen-bond acceptors (Lipinski definition) is 2. The Kier molecular flexibility index (Phi) is 3.76. The van der Waals surface area contributed by atoms with Crippen LogP contribution >= 0.6 is 15.9 Å². The van der Waals surface area contributed by atoms with Gasteiger partial charge in [-0.2, -0.15) is 0 Å². The van der Waals surface area contributed by atoms with Crippen molar-refractivity contribution in [3.8, 4) is 0 Å². The van der Waals surface area contributed by atoms with Gasteiger partial charge in [0.1, 0.15) is 0 Å². The van der Waals surface area contributed by atoms with Crippen molar-refractivity contribution in [1.29, 1.82) is 0 Å². The summed E-state index contributed by atoms with van der Waals surface area (Å²) in [5, 5.41) is 0. The predicted octanol–water partition coefficient (Wildman–Crippen LogP) is 3.00. The van der Waals surface area contributed by atoms with Crippen LogP contribution in [0.5, 0.6) is 0 Å². The van der Waals surface area contributed by atoms with Crippen molar-refractivity contribution in [2.45, 2.75) is 31.8 Å². The number of benzene rings is 1. The summed E-state index contributed by atoms with van der Waals surface area (Å²) in [4.78, 5) is 12.2. The molecule has 2 N–H and O–H groups in total. The lowest BCUT2D eigenvalue weighted by Gasteiger charge is -2.25. The standard InChI is InChI=1S/C16H17BrN2O/c17-13-5-2-1-4-11(13)10-19-15-7-3-6-14(18)12(15)8-9-16(19)20/h1-2,4-5,8-9,14H,3,6-7,10,18H2. The molecular weight excluding hydrogens is 316 g/mol. The first-order chi connectivity index (χ1) is 9.66. The molecule has 3 rings (SSSR count). The van der Waals surface area contributed by atoms with Crippen LogP contribution in [0.4, 0.5) is 0 Å². The van der Waals surface area contributed by atoms with Crippen LogP contribution in [-0.4, -0.2) is 4.57 Å². The van der Waals surface area contributed by atoms with Gasteiger partial charge < -0.3 is 10.3 Å². The molecule has 0 amide bonds. The maximum atomic E-state index is 12.2. The number of halogens is 1. The average Bonchev–Trinajstić information content (AvgIpc) is 2.44. The third-order valence-corrected chi connectivity index (χ3v) is 4.72. The molecule has 1 aromatic carbocycles. The van der Waals surface area contributed by atoms with Crippen molar-refractivity contribution in [2.24, 2.45) is 5.73 Å². The van der Waals surface area contributed by atoms with E-state index in [-0.39, 0.29) is 11.6 Å². The minimum atomic E-state index is 0.0496. The lowest BCUT2D eigenvalue weighted by molar-refractivity contribution is 0.529. The molecule has 0 aliphatic heterocycles. The summed E-state index contributed by atoms with van der Waals surface area (Å²) < 4.78 is 2.90. The van der Waals surface area contributed by atoms with Crippen molar-refractivity contribution in [3.63, 3.8) is 0 Å². The summed E-state index contributed by atoms with van der Waals surface area (Å²) in [6.07, 6.45) is 2.98. The number of rotatable bonds is 2. The summed E-state index contributed by atoms with van der Waals surface area (Å²) in [7, 11) is 0. The minimum absolute atomic E-state index is 0.0496. The van der Waals surface area contributed by atoms with Gasteiger partial charge in [-0.25, -0.2) is 0 Å². The molecule has 0 fully saturated rings. The van der Waals surface area contributed by atoms with E-state index < -0.39 is 0 Å². The Morgan fingerprint density at radius 3 is 2.85 bits per heavy atom. The third-order valence-electron chi connectivity index (χ3n) is 3.95. The van der Waals surface area contributed by atoms with Crippen LogP contribution in [0.2, 0.25) is 0 Å². The molecule has 2 aromatic rings. The lowest BCUT2D eigenvalue weighted by Crippen LogP contribution is -2.29. The molecule has 1 aliphatic rings. The maximum Gasteiger partial charge on any atom is 0.251 e. The zero-order valence-corrected chi connectivity index (χ0v) is 12.8. The molecule has 0 saturated carbocycles. The first-order valence-electron chi connectivity index (χ1n) is 6.88. The largest absolute Gasteiger partial charge is 0.324 e. The molecule has 1 aliphatic carbocycles. The maximum absolute atomic E-state index is 12.2. The Balaban J connectivity index is 2.08. The zero-order valence-electron chi connectivity index (χ0n) is 11.2. The van der Waals surface area contributed by atoms with Crippen LogP contribution < -0.4 is 11.3 Å². The predicted molar refractivity (Wildman–Crippen MR) is 83.8 cm³/mol. The quantitative estimate of drug-likeness (QED) is 0.918. The van der Waals surface area contributed by atoms with Crippen molar-refractivity contribution >= 4 is 15.9 Å². The van der Waals surface area contributed by atoms with E-state index >= 15 is 0 Å². The van der Waals surface area contributed by atoms with Gasteiger partial charge in [0.25, 0.3) is 5.56 Å². The number of pyridine rings is 1. The topological polar surface area (TPSA) is 48.0 Å². The molecule has 20 heavy (non-hydrogen) atoms. The second-order valence-electron chi connectivity index (χ2n) is 5.25. The highest BCUT2D eigenvalue weighted by Crippen LogP contribution is 2.27. The van der Waals surface area contributed by atoms with Gasteiger partial charge in [0, 0.05) is 22.3 Å². The van der Waals surface area contributed by atoms with E-state index in [2.05, 4.69) is 15.9 Å². The fourth-order valence-electron chi connectivity index (χ4n) is 2.87. The lowest BCUT2D eigenvalue weighted by atomic mass is 9.91. The van der Waals surface area contributed by atoms with E-state index in [1.54, 1.807) is 6.07 Å². The average molecular weight is 333 g/mol. The number of fused-ring (bicyclic) bond motifs is 1. The fraction of sp³-hybridized carbons (Fsp3) is 0.312. The summed E-state index contributed by atoms with van der Waals surface area (Å²) >= 11 is 3.55. The first kappa shape index (κ1) is 13.6. The van der Waals surface area contributed by atoms with Gasteiger partial charge in [0.05, 0.1) is 6.54 Å². The first-order valence-corrected chi connectivity index (χ1v) is 7.67. The second-order valence-corrected chi connectivity index (χ2v) is 6.10. The normalized spacial score (nSPS) is 17.8. The van der Waals surface area contributed by atoms with Gasteiger partial charge in [0.2, 0.25) is 0 Å². The van der Waals surface area contributed by atoms with Crippen LogP contribution in [0, 0.1) is 0 Å². The van der Waals surface area contributed by atoms with Gasteiger partial charge in [-0.05, 0) is 36.5 Å². The molecule has 1 atom stereocenters. The van der Waals surface area contributed by atoms with E-state index in [0.717, 1.165) is 40.6 Å². The Bertz CT molecular complexity index is 693. The van der Waals surface area contributed by atoms with E-state index in [0.29, 0.717) is 6.54 Å². The SMILES string of the molecule is NC1CCCc2c1ccc(=O)n2Cc1ccccc1Br. The molecule has 4 heteroatoms. The van der Waals surface area contributed by atoms with Crippen LogP contribution in [0.1, 0.15) is 35.7 Å². The molecule has 1 heterocycles. The Hall–Kier alpha value is -1.39. The molecule has 0 spiro atoms. The van der Waals surface area contributed by atoms with Crippen molar-refractivity contribution in [1.82, 2.24) is 4.57 Å². The van der Waals surface area contributed by atoms with Crippen LogP contribution in [0.25, 0.3) is 0 Å². The number of aromatic nitrogens is 1. The van der Waals surface area contributed by atoms with E-state index in [1.165, 1.54) is 0 Å². The third kappa shape index (κ3) is 2.45.